The van der Waals surface area contributed by atoms with Gasteiger partial charge in [-0.15, -0.1) is 5.10 Å². The number of rotatable bonds is 3. The van der Waals surface area contributed by atoms with Gasteiger partial charge in [-0.3, -0.25) is 4.79 Å². The zero-order valence-corrected chi connectivity index (χ0v) is 16.3. The first kappa shape index (κ1) is 17.9. The molecule has 1 N–H and O–H groups in total. The average molecular weight is 408 g/mol. The van der Waals surface area contributed by atoms with E-state index in [2.05, 4.69) is 20.2 Å². The second-order valence-corrected chi connectivity index (χ2v) is 7.34. The van der Waals surface area contributed by atoms with Gasteiger partial charge in [-0.1, -0.05) is 22.9 Å². The van der Waals surface area contributed by atoms with Crippen LogP contribution in [0.3, 0.4) is 0 Å². The van der Waals surface area contributed by atoms with Crippen molar-refractivity contribution < 1.29 is 4.74 Å². The maximum absolute atomic E-state index is 12.8. The molecule has 146 valence electrons. The van der Waals surface area contributed by atoms with Crippen LogP contribution in [-0.4, -0.2) is 46.3 Å². The lowest BCUT2D eigenvalue weighted by Crippen LogP contribution is -2.37. The number of hydrogen-bond donors (Lipinski definition) is 1. The molecule has 29 heavy (non-hydrogen) atoms. The third-order valence-corrected chi connectivity index (χ3v) is 5.30. The summed E-state index contributed by atoms with van der Waals surface area (Å²) in [7, 11) is 0. The van der Waals surface area contributed by atoms with Crippen molar-refractivity contribution in [2.75, 3.05) is 31.2 Å². The van der Waals surface area contributed by atoms with Crippen LogP contribution in [0.2, 0.25) is 5.02 Å². The van der Waals surface area contributed by atoms with E-state index in [4.69, 9.17) is 16.3 Å². The molecule has 0 amide bonds. The Kier molecular flexibility index (Phi) is 4.54. The topological polar surface area (TPSA) is 76.0 Å². The van der Waals surface area contributed by atoms with Crippen LogP contribution < -0.4 is 10.3 Å². The van der Waals surface area contributed by atoms with Crippen LogP contribution in [0, 0.1) is 0 Å². The lowest BCUT2D eigenvalue weighted by Gasteiger charge is -2.28. The van der Waals surface area contributed by atoms with E-state index >= 15 is 0 Å². The van der Waals surface area contributed by atoms with E-state index in [1.54, 1.807) is 22.9 Å². The Morgan fingerprint density at radius 2 is 1.83 bits per heavy atom. The van der Waals surface area contributed by atoms with Crippen molar-refractivity contribution in [1.29, 1.82) is 0 Å². The number of pyridine rings is 1. The number of aromatic nitrogens is 4. The number of halogens is 1. The molecule has 8 heteroatoms. The fourth-order valence-electron chi connectivity index (χ4n) is 3.48. The van der Waals surface area contributed by atoms with E-state index < -0.39 is 0 Å². The molecule has 0 radical (unpaired) electrons. The van der Waals surface area contributed by atoms with Crippen molar-refractivity contribution >= 4 is 28.3 Å². The largest absolute Gasteiger partial charge is 0.378 e. The van der Waals surface area contributed by atoms with Gasteiger partial charge in [0.2, 0.25) is 0 Å². The van der Waals surface area contributed by atoms with Crippen molar-refractivity contribution in [3.8, 4) is 16.9 Å². The van der Waals surface area contributed by atoms with Gasteiger partial charge in [-0.2, -0.15) is 0 Å². The summed E-state index contributed by atoms with van der Waals surface area (Å²) in [6, 6.07) is 14.7. The highest BCUT2D eigenvalue weighted by atomic mass is 35.5. The first-order valence-corrected chi connectivity index (χ1v) is 9.74. The molecule has 2 aromatic carbocycles. The third-order valence-electron chi connectivity index (χ3n) is 5.05. The van der Waals surface area contributed by atoms with Crippen molar-refractivity contribution in [2.45, 2.75) is 0 Å². The minimum atomic E-state index is -0.0211. The van der Waals surface area contributed by atoms with Gasteiger partial charge in [-0.25, -0.2) is 4.68 Å². The molecule has 5 rings (SSSR count). The highest BCUT2D eigenvalue weighted by Crippen LogP contribution is 2.23. The van der Waals surface area contributed by atoms with Crippen molar-refractivity contribution in [3.63, 3.8) is 0 Å². The summed E-state index contributed by atoms with van der Waals surface area (Å²) in [4.78, 5) is 18.3. The van der Waals surface area contributed by atoms with E-state index in [0.29, 0.717) is 29.3 Å². The zero-order chi connectivity index (χ0) is 19.8. The van der Waals surface area contributed by atoms with Crippen LogP contribution in [0.15, 0.2) is 59.5 Å². The highest BCUT2D eigenvalue weighted by Gasteiger charge is 2.14. The summed E-state index contributed by atoms with van der Waals surface area (Å²) in [6.45, 7) is 2.88. The summed E-state index contributed by atoms with van der Waals surface area (Å²) in [5, 5.41) is 9.74. The molecule has 0 bridgehead atoms. The number of nitrogens with one attached hydrogen (secondary N) is 1. The number of benzene rings is 2. The maximum atomic E-state index is 12.8. The molecule has 1 aliphatic heterocycles. The number of ether oxygens (including phenoxy) is 1. The lowest BCUT2D eigenvalue weighted by molar-refractivity contribution is 0.122. The number of H-pyrrole nitrogens is 1. The number of anilines is 1. The second-order valence-electron chi connectivity index (χ2n) is 6.90. The fraction of sp³-hybridized carbons (Fsp3) is 0.190. The quantitative estimate of drug-likeness (QED) is 0.564. The summed E-state index contributed by atoms with van der Waals surface area (Å²) >= 11 is 5.94. The van der Waals surface area contributed by atoms with Crippen LogP contribution in [0.25, 0.3) is 27.8 Å². The SMILES string of the molecule is O=c1cc(N2CCOCC2)[nH]c2ccc(-c3cn(-c4ccc(Cl)cc4)nn3)cc12. The van der Waals surface area contributed by atoms with Gasteiger partial charge in [0.15, 0.2) is 5.43 Å². The van der Waals surface area contributed by atoms with Crippen molar-refractivity contribution in [2.24, 2.45) is 0 Å². The van der Waals surface area contributed by atoms with Gasteiger partial charge in [0.05, 0.1) is 30.6 Å². The third kappa shape index (κ3) is 3.50. The molecule has 0 atom stereocenters. The number of fused-ring (bicyclic) bond motifs is 1. The molecule has 1 aliphatic rings. The minimum absolute atomic E-state index is 0.0211. The van der Waals surface area contributed by atoms with Crippen LogP contribution in [0.1, 0.15) is 0 Å². The first-order chi connectivity index (χ1) is 14.2. The monoisotopic (exact) mass is 407 g/mol. The Morgan fingerprint density at radius 3 is 2.62 bits per heavy atom. The number of hydrogen-bond acceptors (Lipinski definition) is 5. The predicted octanol–water partition coefficient (Wildman–Crippen LogP) is 3.27. The predicted molar refractivity (Wildman–Crippen MR) is 113 cm³/mol. The number of morpholine rings is 1. The molecule has 1 fully saturated rings. The van der Waals surface area contributed by atoms with E-state index in [-0.39, 0.29) is 5.43 Å². The number of aromatic amines is 1. The summed E-state index contributed by atoms with van der Waals surface area (Å²) in [6.07, 6.45) is 1.83. The second kappa shape index (κ2) is 7.35. The van der Waals surface area contributed by atoms with Crippen LogP contribution in [-0.2, 0) is 4.74 Å². The first-order valence-electron chi connectivity index (χ1n) is 9.36. The van der Waals surface area contributed by atoms with E-state index in [1.165, 1.54) is 0 Å². The van der Waals surface area contributed by atoms with Crippen molar-refractivity contribution in [3.05, 3.63) is 70.0 Å². The molecular formula is C21H18ClN5O2. The molecule has 7 nitrogen and oxygen atoms in total. The van der Waals surface area contributed by atoms with E-state index in [0.717, 1.165) is 35.7 Å². The lowest BCUT2D eigenvalue weighted by atomic mass is 10.1. The van der Waals surface area contributed by atoms with Crippen LogP contribution in [0.4, 0.5) is 5.82 Å². The molecule has 2 aromatic heterocycles. The molecule has 0 saturated carbocycles. The molecule has 3 heterocycles. The molecular weight excluding hydrogens is 390 g/mol. The Hall–Kier alpha value is -3.16. The Bertz CT molecular complexity index is 1230. The Labute approximate surface area is 171 Å². The molecule has 1 saturated heterocycles. The molecule has 0 unspecified atom stereocenters. The van der Waals surface area contributed by atoms with Gasteiger partial charge >= 0.3 is 0 Å². The summed E-state index contributed by atoms with van der Waals surface area (Å²) in [5.74, 6) is 0.826. The van der Waals surface area contributed by atoms with Crippen LogP contribution in [0.5, 0.6) is 0 Å². The molecule has 0 aliphatic carbocycles. The Morgan fingerprint density at radius 1 is 1.03 bits per heavy atom. The standard InChI is InChI=1S/C21H18ClN5O2/c22-15-2-4-16(5-3-15)27-13-19(24-25-27)14-1-6-18-17(11-14)20(28)12-21(23-18)26-7-9-29-10-8-26/h1-6,11-13H,7-10H2,(H,23,28). The van der Waals surface area contributed by atoms with Gasteiger partial charge in [0.25, 0.3) is 0 Å². The highest BCUT2D eigenvalue weighted by molar-refractivity contribution is 6.30. The Balaban J connectivity index is 1.49. The van der Waals surface area contributed by atoms with Gasteiger partial charge in [0.1, 0.15) is 11.5 Å². The zero-order valence-electron chi connectivity index (χ0n) is 15.5. The fourth-order valence-corrected chi connectivity index (χ4v) is 3.61. The molecule has 4 aromatic rings. The smallest absolute Gasteiger partial charge is 0.191 e. The molecule has 0 spiro atoms. The summed E-state index contributed by atoms with van der Waals surface area (Å²) in [5.41, 5.74) is 3.17. The summed E-state index contributed by atoms with van der Waals surface area (Å²) < 4.78 is 7.07. The average Bonchev–Trinajstić information content (AvgIpc) is 3.25. The number of nitrogens with zero attached hydrogens (tertiary/aromatic N) is 4. The van der Waals surface area contributed by atoms with Crippen LogP contribution >= 0.6 is 11.6 Å². The van der Waals surface area contributed by atoms with Gasteiger partial charge in [-0.05, 0) is 36.4 Å². The minimum Gasteiger partial charge on any atom is -0.378 e. The normalized spacial score (nSPS) is 14.4. The van der Waals surface area contributed by atoms with E-state index in [9.17, 15) is 4.79 Å². The van der Waals surface area contributed by atoms with Gasteiger partial charge < -0.3 is 14.6 Å². The maximum Gasteiger partial charge on any atom is 0.191 e. The van der Waals surface area contributed by atoms with Gasteiger partial charge in [0, 0.05) is 35.1 Å². The van der Waals surface area contributed by atoms with Crippen molar-refractivity contribution in [1.82, 2.24) is 20.0 Å². The van der Waals surface area contributed by atoms with E-state index in [1.807, 2.05) is 36.5 Å².